The summed E-state index contributed by atoms with van der Waals surface area (Å²) >= 11 is 0. The van der Waals surface area contributed by atoms with E-state index in [4.69, 9.17) is 0 Å². The van der Waals surface area contributed by atoms with Crippen LogP contribution in [0.5, 0.6) is 0 Å². The predicted octanol–water partition coefficient (Wildman–Crippen LogP) is 18.0. The van der Waals surface area contributed by atoms with Crippen LogP contribution in [0.2, 0.25) is 0 Å². The zero-order valence-corrected chi connectivity index (χ0v) is 38.6. The average Bonchev–Trinajstić information content (AvgIpc) is 4.05. The lowest BCUT2D eigenvalue weighted by Gasteiger charge is -2.23. The molecular formula is C66H50N2. The molecular weight excluding hydrogens is 821 g/mol. The molecule has 0 fully saturated rings. The minimum Gasteiger partial charge on any atom is -0.309 e. The van der Waals surface area contributed by atoms with Crippen molar-refractivity contribution in [2.75, 3.05) is 0 Å². The van der Waals surface area contributed by atoms with Crippen molar-refractivity contribution in [2.45, 2.75) is 26.2 Å². The topological polar surface area (TPSA) is 9.86 Å². The first-order valence-corrected chi connectivity index (χ1v) is 23.7. The van der Waals surface area contributed by atoms with Crippen molar-refractivity contribution in [3.8, 4) is 78.7 Å². The number of benzene rings is 10. The third-order valence-corrected chi connectivity index (χ3v) is 13.7. The van der Waals surface area contributed by atoms with Gasteiger partial charge >= 0.3 is 0 Å². The van der Waals surface area contributed by atoms with Crippen LogP contribution in [0.25, 0.3) is 111 Å². The average molecular weight is 871 g/mol. The van der Waals surface area contributed by atoms with Crippen molar-refractivity contribution in [3.63, 3.8) is 0 Å². The molecule has 0 aliphatic rings. The lowest BCUT2D eigenvalue weighted by atomic mass is 9.83. The van der Waals surface area contributed by atoms with Crippen LogP contribution in [0.4, 0.5) is 0 Å². The molecule has 324 valence electrons. The largest absolute Gasteiger partial charge is 0.309 e. The number of nitrogens with zero attached hydrogens (tertiary/aromatic N) is 2. The highest BCUT2D eigenvalue weighted by Gasteiger charge is 2.23. The Balaban J connectivity index is 1.20. The summed E-state index contributed by atoms with van der Waals surface area (Å²) in [5.41, 5.74) is 17.7. The Hall–Kier alpha value is -8.46. The van der Waals surface area contributed by atoms with Gasteiger partial charge < -0.3 is 9.13 Å². The first-order valence-electron chi connectivity index (χ1n) is 23.7. The van der Waals surface area contributed by atoms with Gasteiger partial charge in [0.1, 0.15) is 0 Å². The summed E-state index contributed by atoms with van der Waals surface area (Å²) in [4.78, 5) is 0. The second-order valence-corrected chi connectivity index (χ2v) is 18.9. The normalized spacial score (nSPS) is 11.8. The smallest absolute Gasteiger partial charge is 0.0535 e. The molecule has 0 amide bonds. The van der Waals surface area contributed by atoms with Crippen LogP contribution in [0.1, 0.15) is 26.3 Å². The highest BCUT2D eigenvalue weighted by molar-refractivity contribution is 6.22. The molecule has 0 radical (unpaired) electrons. The van der Waals surface area contributed by atoms with Gasteiger partial charge in [-0.05, 0) is 142 Å². The molecule has 0 N–H and O–H groups in total. The van der Waals surface area contributed by atoms with E-state index in [0.29, 0.717) is 0 Å². The van der Waals surface area contributed by atoms with Crippen LogP contribution in [0.3, 0.4) is 0 Å². The number of hydrogen-bond acceptors (Lipinski definition) is 0. The third-order valence-electron chi connectivity index (χ3n) is 13.7. The first-order chi connectivity index (χ1) is 33.4. The summed E-state index contributed by atoms with van der Waals surface area (Å²) in [6, 6.07) is 91.6. The summed E-state index contributed by atoms with van der Waals surface area (Å²) in [6.07, 6.45) is 0. The maximum absolute atomic E-state index is 2.45. The molecule has 2 heterocycles. The zero-order chi connectivity index (χ0) is 45.8. The number of fused-ring (bicyclic) bond motifs is 3. The second-order valence-electron chi connectivity index (χ2n) is 18.9. The molecule has 0 spiro atoms. The lowest BCUT2D eigenvalue weighted by Crippen LogP contribution is -2.10. The van der Waals surface area contributed by atoms with Gasteiger partial charge in [-0.3, -0.25) is 0 Å². The summed E-state index contributed by atoms with van der Waals surface area (Å²) < 4.78 is 4.89. The molecule has 2 nitrogen and oxygen atoms in total. The Morgan fingerprint density at radius 1 is 0.265 bits per heavy atom. The number of rotatable bonds is 8. The van der Waals surface area contributed by atoms with E-state index in [9.17, 15) is 0 Å². The van der Waals surface area contributed by atoms with E-state index >= 15 is 0 Å². The van der Waals surface area contributed by atoms with E-state index in [0.717, 1.165) is 34.2 Å². The van der Waals surface area contributed by atoms with Crippen molar-refractivity contribution < 1.29 is 0 Å². The van der Waals surface area contributed by atoms with Gasteiger partial charge in [0.25, 0.3) is 0 Å². The summed E-state index contributed by atoms with van der Waals surface area (Å²) in [6.45, 7) is 6.87. The van der Waals surface area contributed by atoms with Gasteiger partial charge in [-0.2, -0.15) is 0 Å². The standard InChI is InChI=1S/C66H50N2/c1-66(2,3)53-32-30-50(31-33-53)64-56-36-34-55(68-62(48-23-12-6-13-24-48)40-41-63(68)49-25-14-7-15-26-49)44-59(56)65(52-29-28-45-18-16-17-27-51(45)42-52)57-37-35-54(43-58(57)64)67-60(46-19-8-4-9-20-46)38-39-61(67)47-21-10-5-11-22-47/h4-44H,1-3H3. The number of aromatic nitrogens is 2. The molecule has 12 aromatic rings. The molecule has 0 saturated carbocycles. The predicted molar refractivity (Wildman–Crippen MR) is 289 cm³/mol. The Bertz CT molecular complexity index is 3660. The van der Waals surface area contributed by atoms with Gasteiger partial charge in [0.05, 0.1) is 22.8 Å². The van der Waals surface area contributed by atoms with Gasteiger partial charge in [-0.15, -0.1) is 0 Å². The summed E-state index contributed by atoms with van der Waals surface area (Å²) in [5, 5.41) is 7.27. The van der Waals surface area contributed by atoms with Gasteiger partial charge in [0.15, 0.2) is 0 Å². The van der Waals surface area contributed by atoms with Crippen molar-refractivity contribution in [2.24, 2.45) is 0 Å². The van der Waals surface area contributed by atoms with Crippen LogP contribution < -0.4 is 0 Å². The third kappa shape index (κ3) is 7.23. The van der Waals surface area contributed by atoms with Crippen LogP contribution >= 0.6 is 0 Å². The monoisotopic (exact) mass is 870 g/mol. The van der Waals surface area contributed by atoms with Gasteiger partial charge in [-0.25, -0.2) is 0 Å². The fraction of sp³-hybridized carbons (Fsp3) is 0.0606. The fourth-order valence-corrected chi connectivity index (χ4v) is 10.4. The zero-order valence-electron chi connectivity index (χ0n) is 38.6. The van der Waals surface area contributed by atoms with Crippen LogP contribution in [0.15, 0.2) is 249 Å². The SMILES string of the molecule is CC(C)(C)c1ccc(-c2c3ccc(-n4c(-c5ccccc5)ccc4-c4ccccc4)cc3c(-c3ccc4ccccc4c3)c3ccc(-n4c(-c5ccccc5)ccc4-c4ccccc4)cc23)cc1. The second kappa shape index (κ2) is 16.8. The maximum Gasteiger partial charge on any atom is 0.0535 e. The molecule has 0 unspecified atom stereocenters. The summed E-state index contributed by atoms with van der Waals surface area (Å²) in [5.74, 6) is 0. The van der Waals surface area contributed by atoms with E-state index in [2.05, 4.69) is 279 Å². The van der Waals surface area contributed by atoms with E-state index in [1.54, 1.807) is 0 Å². The van der Waals surface area contributed by atoms with E-state index in [1.807, 2.05) is 0 Å². The minimum atomic E-state index is 0.0183. The molecule has 0 bridgehead atoms. The van der Waals surface area contributed by atoms with Crippen LogP contribution in [-0.4, -0.2) is 9.13 Å². The lowest BCUT2D eigenvalue weighted by molar-refractivity contribution is 0.590. The molecule has 0 atom stereocenters. The van der Waals surface area contributed by atoms with E-state index in [-0.39, 0.29) is 5.41 Å². The highest BCUT2D eigenvalue weighted by atomic mass is 15.0. The summed E-state index contributed by atoms with van der Waals surface area (Å²) in [7, 11) is 0. The Morgan fingerprint density at radius 2 is 0.632 bits per heavy atom. The Morgan fingerprint density at radius 3 is 1.04 bits per heavy atom. The van der Waals surface area contributed by atoms with Crippen molar-refractivity contribution in [1.29, 1.82) is 0 Å². The molecule has 10 aromatic carbocycles. The van der Waals surface area contributed by atoms with E-state index < -0.39 is 0 Å². The Kier molecular flexibility index (Phi) is 10.1. The molecule has 2 heteroatoms. The molecule has 0 aliphatic heterocycles. The van der Waals surface area contributed by atoms with Gasteiger partial charge in [-0.1, -0.05) is 215 Å². The minimum absolute atomic E-state index is 0.0183. The molecule has 0 aliphatic carbocycles. The van der Waals surface area contributed by atoms with Gasteiger partial charge in [0.2, 0.25) is 0 Å². The van der Waals surface area contributed by atoms with Crippen LogP contribution in [0, 0.1) is 0 Å². The van der Waals surface area contributed by atoms with Crippen molar-refractivity contribution in [1.82, 2.24) is 9.13 Å². The molecule has 2 aromatic heterocycles. The molecule has 68 heavy (non-hydrogen) atoms. The first kappa shape index (κ1) is 41.0. The fourth-order valence-electron chi connectivity index (χ4n) is 10.4. The van der Waals surface area contributed by atoms with Crippen molar-refractivity contribution in [3.05, 3.63) is 254 Å². The Labute approximate surface area is 398 Å². The molecule has 0 saturated heterocycles. The number of hydrogen-bond donors (Lipinski definition) is 0. The highest BCUT2D eigenvalue weighted by Crippen LogP contribution is 2.47. The molecule has 12 rings (SSSR count). The van der Waals surface area contributed by atoms with Gasteiger partial charge in [0, 0.05) is 11.4 Å². The van der Waals surface area contributed by atoms with Crippen LogP contribution in [-0.2, 0) is 5.41 Å². The van der Waals surface area contributed by atoms with E-state index in [1.165, 1.54) is 82.4 Å². The maximum atomic E-state index is 2.45. The quantitative estimate of drug-likeness (QED) is 0.135. The van der Waals surface area contributed by atoms with Crippen molar-refractivity contribution >= 4 is 32.3 Å².